The molecule has 212 valence electrons. The van der Waals surface area contributed by atoms with Crippen molar-refractivity contribution in [2.75, 3.05) is 45.3 Å². The van der Waals surface area contributed by atoms with Crippen LogP contribution in [0.25, 0.3) is 17.0 Å². The number of fused-ring (bicyclic) bond motifs is 1. The zero-order valence-corrected chi connectivity index (χ0v) is 22.7. The Hall–Kier alpha value is -3.82. The predicted molar refractivity (Wildman–Crippen MR) is 140 cm³/mol. The zero-order valence-electron chi connectivity index (χ0n) is 21.9. The van der Waals surface area contributed by atoms with Gasteiger partial charge in [-0.15, -0.1) is 5.10 Å². The second-order valence-corrected chi connectivity index (χ2v) is 11.4. The van der Waals surface area contributed by atoms with E-state index < -0.39 is 21.9 Å². The van der Waals surface area contributed by atoms with Crippen LogP contribution in [0, 0.1) is 6.92 Å². The molecule has 11 nitrogen and oxygen atoms in total. The smallest absolute Gasteiger partial charge is 0.378 e. The van der Waals surface area contributed by atoms with Crippen molar-refractivity contribution < 1.29 is 31.1 Å². The molecule has 4 heterocycles. The van der Waals surface area contributed by atoms with Crippen LogP contribution >= 0.6 is 0 Å². The van der Waals surface area contributed by atoms with Gasteiger partial charge in [-0.3, -0.25) is 4.79 Å². The molecule has 1 aliphatic rings. The van der Waals surface area contributed by atoms with E-state index in [2.05, 4.69) is 9.97 Å². The third kappa shape index (κ3) is 4.84. The number of morpholine rings is 1. The summed E-state index contributed by atoms with van der Waals surface area (Å²) in [6.45, 7) is 3.26. The molecule has 1 aromatic carbocycles. The minimum Gasteiger partial charge on any atom is -0.378 e. The van der Waals surface area contributed by atoms with Gasteiger partial charge in [-0.1, -0.05) is 12.1 Å². The Morgan fingerprint density at radius 2 is 1.90 bits per heavy atom. The minimum absolute atomic E-state index is 0.0268. The Morgan fingerprint density at radius 1 is 1.18 bits per heavy atom. The number of carbonyl (C=O) groups excluding carboxylic acids is 1. The number of nitrogens with zero attached hydrogens (tertiary/aromatic N) is 7. The molecule has 0 unspecified atom stereocenters. The number of halogens is 3. The Balaban J connectivity index is 1.76. The molecule has 0 bridgehead atoms. The first-order chi connectivity index (χ1) is 18.9. The number of benzene rings is 1. The van der Waals surface area contributed by atoms with Gasteiger partial charge < -0.3 is 9.64 Å². The van der Waals surface area contributed by atoms with E-state index in [0.29, 0.717) is 44.0 Å². The number of imidazole rings is 2. The van der Waals surface area contributed by atoms with Gasteiger partial charge in [0, 0.05) is 46.0 Å². The highest BCUT2D eigenvalue weighted by molar-refractivity contribution is 7.87. The summed E-state index contributed by atoms with van der Waals surface area (Å²) in [5.41, 5.74) is 0.248. The van der Waals surface area contributed by atoms with Crippen LogP contribution in [0.3, 0.4) is 0 Å². The molecule has 1 saturated heterocycles. The van der Waals surface area contributed by atoms with Crippen LogP contribution in [-0.2, 0) is 27.5 Å². The fraction of sp³-hybridized carbons (Fsp3) is 0.360. The van der Waals surface area contributed by atoms with Gasteiger partial charge in [-0.05, 0) is 30.2 Å². The van der Waals surface area contributed by atoms with Crippen molar-refractivity contribution in [1.82, 2.24) is 27.9 Å². The van der Waals surface area contributed by atoms with Crippen LogP contribution in [-0.4, -0.2) is 83.0 Å². The lowest BCUT2D eigenvalue weighted by Gasteiger charge is -2.28. The van der Waals surface area contributed by atoms with Crippen molar-refractivity contribution in [2.45, 2.75) is 19.5 Å². The van der Waals surface area contributed by atoms with Gasteiger partial charge in [0.05, 0.1) is 30.0 Å². The molecular weight excluding hydrogens is 551 g/mol. The number of carbonyl (C=O) groups is 1. The first kappa shape index (κ1) is 27.7. The molecule has 0 N–H and O–H groups in total. The lowest BCUT2D eigenvalue weighted by molar-refractivity contribution is -0.138. The SMILES string of the molecule is Cc1c(Cc2c(C=O)nc3c(-c4nccn4S(=O)(=O)N(C)C)cc(N4CCOCC4)nn23)cccc1C(F)(F)F. The number of anilines is 1. The highest BCUT2D eigenvalue weighted by Crippen LogP contribution is 2.35. The molecule has 0 radical (unpaired) electrons. The number of rotatable bonds is 7. The van der Waals surface area contributed by atoms with Crippen LogP contribution in [0.15, 0.2) is 36.7 Å². The second-order valence-electron chi connectivity index (χ2n) is 9.41. The van der Waals surface area contributed by atoms with E-state index in [1.165, 1.54) is 44.0 Å². The summed E-state index contributed by atoms with van der Waals surface area (Å²) in [5, 5.41) is 4.71. The number of ether oxygens (including phenoxy) is 1. The van der Waals surface area contributed by atoms with Crippen molar-refractivity contribution in [1.29, 1.82) is 0 Å². The molecule has 1 aliphatic heterocycles. The molecule has 5 rings (SSSR count). The van der Waals surface area contributed by atoms with E-state index in [4.69, 9.17) is 9.84 Å². The monoisotopic (exact) mass is 577 g/mol. The highest BCUT2D eigenvalue weighted by Gasteiger charge is 2.33. The largest absolute Gasteiger partial charge is 0.416 e. The van der Waals surface area contributed by atoms with Crippen LogP contribution in [0.4, 0.5) is 19.0 Å². The van der Waals surface area contributed by atoms with Gasteiger partial charge in [0.25, 0.3) is 0 Å². The quantitative estimate of drug-likeness (QED) is 0.308. The fourth-order valence-electron chi connectivity index (χ4n) is 4.65. The minimum atomic E-state index is -4.54. The van der Waals surface area contributed by atoms with Crippen LogP contribution in [0.5, 0.6) is 0 Å². The predicted octanol–water partition coefficient (Wildman–Crippen LogP) is 2.81. The van der Waals surface area contributed by atoms with Gasteiger partial charge in [-0.2, -0.15) is 25.9 Å². The van der Waals surface area contributed by atoms with E-state index >= 15 is 0 Å². The molecule has 15 heteroatoms. The fourth-order valence-corrected chi connectivity index (χ4v) is 5.57. The summed E-state index contributed by atoms with van der Waals surface area (Å²) in [6.07, 6.45) is -1.48. The molecule has 0 amide bonds. The van der Waals surface area contributed by atoms with Crippen molar-refractivity contribution in [3.63, 3.8) is 0 Å². The van der Waals surface area contributed by atoms with Crippen molar-refractivity contribution in [3.05, 3.63) is 64.7 Å². The Kier molecular flexibility index (Phi) is 7.14. The summed E-state index contributed by atoms with van der Waals surface area (Å²) < 4.78 is 75.8. The van der Waals surface area contributed by atoms with Gasteiger partial charge in [0.15, 0.2) is 23.6 Å². The van der Waals surface area contributed by atoms with E-state index in [1.54, 1.807) is 12.1 Å². The zero-order chi connectivity index (χ0) is 28.8. The molecule has 4 aromatic rings. The Labute approximate surface area is 228 Å². The Morgan fingerprint density at radius 3 is 2.55 bits per heavy atom. The normalized spacial score (nSPS) is 14.8. The maximum Gasteiger partial charge on any atom is 0.416 e. The van der Waals surface area contributed by atoms with Gasteiger partial charge >= 0.3 is 16.4 Å². The molecule has 3 aromatic heterocycles. The van der Waals surface area contributed by atoms with E-state index in [1.807, 2.05) is 4.90 Å². The van der Waals surface area contributed by atoms with Gasteiger partial charge in [-0.25, -0.2) is 18.5 Å². The van der Waals surface area contributed by atoms with Crippen molar-refractivity contribution >= 4 is 28.0 Å². The average molecular weight is 578 g/mol. The molecule has 1 fully saturated rings. The van der Waals surface area contributed by atoms with E-state index in [0.717, 1.165) is 14.3 Å². The van der Waals surface area contributed by atoms with Crippen LogP contribution < -0.4 is 4.90 Å². The second kappa shape index (κ2) is 10.3. The third-order valence-electron chi connectivity index (χ3n) is 6.81. The van der Waals surface area contributed by atoms with Crippen LogP contribution in [0.1, 0.15) is 32.9 Å². The van der Waals surface area contributed by atoms with Crippen LogP contribution in [0.2, 0.25) is 0 Å². The number of alkyl halides is 3. The molecule has 0 aliphatic carbocycles. The summed E-state index contributed by atoms with van der Waals surface area (Å²) in [5.74, 6) is 0.485. The van der Waals surface area contributed by atoms with Gasteiger partial charge in [0.1, 0.15) is 5.69 Å². The average Bonchev–Trinajstić information content (AvgIpc) is 3.55. The molecule has 0 spiro atoms. The number of aromatic nitrogens is 5. The summed E-state index contributed by atoms with van der Waals surface area (Å²) in [6, 6.07) is 5.52. The van der Waals surface area contributed by atoms with E-state index in [9.17, 15) is 26.4 Å². The first-order valence-electron chi connectivity index (χ1n) is 12.3. The summed E-state index contributed by atoms with van der Waals surface area (Å²) in [4.78, 5) is 22.8. The highest BCUT2D eigenvalue weighted by atomic mass is 32.2. The molecule has 0 atom stereocenters. The lowest BCUT2D eigenvalue weighted by Crippen LogP contribution is -2.37. The van der Waals surface area contributed by atoms with Gasteiger partial charge in [0.2, 0.25) is 0 Å². The van der Waals surface area contributed by atoms with Crippen molar-refractivity contribution in [3.8, 4) is 11.4 Å². The van der Waals surface area contributed by atoms with Crippen molar-refractivity contribution in [2.24, 2.45) is 0 Å². The number of hydrogen-bond donors (Lipinski definition) is 0. The topological polar surface area (TPSA) is 115 Å². The maximum absolute atomic E-state index is 13.6. The summed E-state index contributed by atoms with van der Waals surface area (Å²) in [7, 11) is -1.21. The van der Waals surface area contributed by atoms with E-state index in [-0.39, 0.29) is 40.4 Å². The Bertz CT molecular complexity index is 1690. The first-order valence-corrected chi connectivity index (χ1v) is 13.7. The summed E-state index contributed by atoms with van der Waals surface area (Å²) >= 11 is 0. The third-order valence-corrected chi connectivity index (χ3v) is 8.52. The standard InChI is InChI=1S/C25H26F3N7O4S/c1-16-17(5-4-6-19(16)25(26,27)28)13-21-20(15-36)30-24-18(23-29-7-8-34(23)40(37,38)32(2)3)14-22(31-35(21)24)33-9-11-39-12-10-33/h4-8,14-15H,9-13H2,1-3H3. The molecule has 0 saturated carbocycles. The molecular formula is C25H26F3N7O4S. The number of aldehydes is 1. The molecule has 40 heavy (non-hydrogen) atoms. The number of hydrogen-bond acceptors (Lipinski definition) is 8. The lowest BCUT2D eigenvalue weighted by atomic mass is 9.98. The maximum atomic E-state index is 13.6.